The van der Waals surface area contributed by atoms with Gasteiger partial charge in [-0.3, -0.25) is 14.6 Å². The minimum Gasteiger partial charge on any atom is -0.493 e. The molecule has 8 nitrogen and oxygen atoms in total. The maximum Gasteiger partial charge on any atom is 0.238 e. The van der Waals surface area contributed by atoms with Crippen molar-refractivity contribution in [2.24, 2.45) is 5.10 Å². The van der Waals surface area contributed by atoms with Gasteiger partial charge in [0.05, 0.1) is 37.8 Å². The molecule has 1 unspecified atom stereocenters. The number of anilines is 1. The summed E-state index contributed by atoms with van der Waals surface area (Å²) in [6.45, 7) is 2.67. The van der Waals surface area contributed by atoms with E-state index in [0.717, 1.165) is 41.7 Å². The summed E-state index contributed by atoms with van der Waals surface area (Å²) in [5.74, 6) is 2.07. The number of benzene rings is 2. The highest BCUT2D eigenvalue weighted by Gasteiger charge is 2.26. The van der Waals surface area contributed by atoms with Crippen LogP contribution in [0.1, 0.15) is 43.7 Å². The topological polar surface area (TPSA) is 80.7 Å². The van der Waals surface area contributed by atoms with Gasteiger partial charge in [-0.15, -0.1) is 11.8 Å². The Kier molecular flexibility index (Phi) is 8.65. The predicted octanol–water partition coefficient (Wildman–Crippen LogP) is 4.41. The van der Waals surface area contributed by atoms with Crippen molar-refractivity contribution in [2.75, 3.05) is 24.5 Å². The SMILES string of the molecule is CCON(C=O)c1ccc(CN2N=C(c3ccc(OC)c(OC4CCCC4)c3)CSC2C=O)cc1. The number of hydrazone groups is 1. The van der Waals surface area contributed by atoms with E-state index in [1.807, 2.05) is 49.4 Å². The van der Waals surface area contributed by atoms with Crippen molar-refractivity contribution in [1.82, 2.24) is 5.01 Å². The second-order valence-corrected chi connectivity index (χ2v) is 9.49. The molecule has 1 atom stereocenters. The molecule has 1 fully saturated rings. The average Bonchev–Trinajstić information content (AvgIpc) is 3.41. The summed E-state index contributed by atoms with van der Waals surface area (Å²) >= 11 is 1.54. The number of rotatable bonds is 11. The molecule has 1 heterocycles. The summed E-state index contributed by atoms with van der Waals surface area (Å²) in [6.07, 6.45) is 6.29. The first-order chi connectivity index (χ1) is 17.1. The monoisotopic (exact) mass is 497 g/mol. The summed E-state index contributed by atoms with van der Waals surface area (Å²) in [5.41, 5.74) is 3.44. The number of carbonyl (C=O) groups excluding carboxylic acids is 2. The molecule has 0 aromatic heterocycles. The normalized spacial score (nSPS) is 18.2. The number of carbonyl (C=O) groups is 2. The molecule has 2 aliphatic rings. The molecule has 1 saturated carbocycles. The third-order valence-corrected chi connectivity index (χ3v) is 7.18. The molecule has 0 bridgehead atoms. The highest BCUT2D eigenvalue weighted by molar-refractivity contribution is 8.01. The number of thioether (sulfide) groups is 1. The molecule has 9 heteroatoms. The lowest BCUT2D eigenvalue weighted by molar-refractivity contribution is -0.113. The van der Waals surface area contributed by atoms with E-state index in [9.17, 15) is 9.59 Å². The number of hydroxylamine groups is 1. The van der Waals surface area contributed by atoms with Crippen LogP contribution in [0.25, 0.3) is 0 Å². The molecular formula is C26H31N3O5S. The smallest absolute Gasteiger partial charge is 0.238 e. The molecule has 2 aromatic carbocycles. The van der Waals surface area contributed by atoms with Crippen LogP contribution in [0.5, 0.6) is 11.5 Å². The number of hydrogen-bond acceptors (Lipinski definition) is 8. The second-order valence-electron chi connectivity index (χ2n) is 8.39. The van der Waals surface area contributed by atoms with Crippen LogP contribution in [0.15, 0.2) is 47.6 Å². The fourth-order valence-corrected chi connectivity index (χ4v) is 5.17. The number of amides is 1. The molecule has 0 radical (unpaired) electrons. The van der Waals surface area contributed by atoms with E-state index in [1.165, 1.54) is 17.9 Å². The molecular weight excluding hydrogens is 466 g/mol. The van der Waals surface area contributed by atoms with Crippen LogP contribution in [0, 0.1) is 0 Å². The Hall–Kier alpha value is -3.04. The van der Waals surface area contributed by atoms with E-state index < -0.39 is 0 Å². The van der Waals surface area contributed by atoms with Crippen molar-refractivity contribution in [1.29, 1.82) is 0 Å². The molecule has 0 N–H and O–H groups in total. The molecule has 186 valence electrons. The van der Waals surface area contributed by atoms with E-state index in [4.69, 9.17) is 19.4 Å². The van der Waals surface area contributed by atoms with Gasteiger partial charge in [0.1, 0.15) is 5.37 Å². The van der Waals surface area contributed by atoms with Crippen molar-refractivity contribution in [3.8, 4) is 11.5 Å². The highest BCUT2D eigenvalue weighted by atomic mass is 32.2. The van der Waals surface area contributed by atoms with Crippen LogP contribution in [0.2, 0.25) is 0 Å². The van der Waals surface area contributed by atoms with Crippen LogP contribution >= 0.6 is 11.8 Å². The lowest BCUT2D eigenvalue weighted by Gasteiger charge is -2.30. The Morgan fingerprint density at radius 3 is 2.54 bits per heavy atom. The number of methoxy groups -OCH3 is 1. The van der Waals surface area contributed by atoms with Gasteiger partial charge < -0.3 is 14.3 Å². The van der Waals surface area contributed by atoms with Crippen molar-refractivity contribution < 1.29 is 23.9 Å². The first kappa shape index (κ1) is 25.1. The zero-order chi connectivity index (χ0) is 24.6. The third kappa shape index (κ3) is 6.15. The molecule has 1 aliphatic heterocycles. The third-order valence-electron chi connectivity index (χ3n) is 6.04. The summed E-state index contributed by atoms with van der Waals surface area (Å²) in [4.78, 5) is 28.3. The fraction of sp³-hybridized carbons (Fsp3) is 0.423. The molecule has 2 aromatic rings. The molecule has 1 amide bonds. The van der Waals surface area contributed by atoms with Crippen LogP contribution < -0.4 is 14.5 Å². The Bertz CT molecular complexity index is 1040. The molecule has 4 rings (SSSR count). The van der Waals surface area contributed by atoms with Gasteiger partial charge in [0.2, 0.25) is 6.41 Å². The van der Waals surface area contributed by atoms with Gasteiger partial charge >= 0.3 is 0 Å². The van der Waals surface area contributed by atoms with Gasteiger partial charge in [0.15, 0.2) is 17.8 Å². The number of nitrogens with zero attached hydrogens (tertiary/aromatic N) is 3. The Labute approximate surface area is 210 Å². The summed E-state index contributed by atoms with van der Waals surface area (Å²) < 4.78 is 11.8. The van der Waals surface area contributed by atoms with Crippen LogP contribution in [0.3, 0.4) is 0 Å². The second kappa shape index (κ2) is 12.1. The van der Waals surface area contributed by atoms with Crippen molar-refractivity contribution in [2.45, 2.75) is 50.6 Å². The summed E-state index contributed by atoms with van der Waals surface area (Å²) in [5, 5.41) is 7.46. The van der Waals surface area contributed by atoms with E-state index >= 15 is 0 Å². The maximum atomic E-state index is 11.8. The van der Waals surface area contributed by atoms with Crippen molar-refractivity contribution in [3.05, 3.63) is 53.6 Å². The molecule has 1 aliphatic carbocycles. The van der Waals surface area contributed by atoms with Gasteiger partial charge in [-0.05, 0) is 68.5 Å². The van der Waals surface area contributed by atoms with Crippen molar-refractivity contribution in [3.63, 3.8) is 0 Å². The molecule has 0 spiro atoms. The Balaban J connectivity index is 1.53. The zero-order valence-electron chi connectivity index (χ0n) is 20.1. The van der Waals surface area contributed by atoms with E-state index in [2.05, 4.69) is 0 Å². The summed E-state index contributed by atoms with van der Waals surface area (Å²) in [7, 11) is 1.65. The van der Waals surface area contributed by atoms with E-state index in [0.29, 0.717) is 36.8 Å². The van der Waals surface area contributed by atoms with Crippen molar-refractivity contribution >= 4 is 35.9 Å². The fourth-order valence-electron chi connectivity index (χ4n) is 4.24. The van der Waals surface area contributed by atoms with Crippen LogP contribution in [-0.2, 0) is 21.0 Å². The molecule has 0 saturated heterocycles. The first-order valence-corrected chi connectivity index (χ1v) is 12.9. The quantitative estimate of drug-likeness (QED) is 0.336. The van der Waals surface area contributed by atoms with Gasteiger partial charge in [-0.2, -0.15) is 10.2 Å². The van der Waals surface area contributed by atoms with Gasteiger partial charge in [-0.1, -0.05) is 12.1 Å². The molecule has 35 heavy (non-hydrogen) atoms. The highest BCUT2D eigenvalue weighted by Crippen LogP contribution is 2.34. The lowest BCUT2D eigenvalue weighted by atomic mass is 10.1. The van der Waals surface area contributed by atoms with Crippen LogP contribution in [0.4, 0.5) is 5.69 Å². The van der Waals surface area contributed by atoms with Gasteiger partial charge in [0.25, 0.3) is 0 Å². The number of hydrogen-bond donors (Lipinski definition) is 0. The Morgan fingerprint density at radius 2 is 1.89 bits per heavy atom. The number of ether oxygens (including phenoxy) is 2. The Morgan fingerprint density at radius 1 is 1.11 bits per heavy atom. The first-order valence-electron chi connectivity index (χ1n) is 11.9. The van der Waals surface area contributed by atoms with E-state index in [-0.39, 0.29) is 11.5 Å². The lowest BCUT2D eigenvalue weighted by Crippen LogP contribution is -2.35. The standard InChI is InChI=1S/C26H31N3O5S/c1-3-33-29(18-31)21-11-8-19(9-12-21)15-28-26(16-30)35-17-23(27-28)20-10-13-24(32-2)25(14-20)34-22-6-4-5-7-22/h8-14,16,18,22,26H,3-7,15,17H2,1-2H3. The van der Waals surface area contributed by atoms with E-state index in [1.54, 1.807) is 23.9 Å². The van der Waals surface area contributed by atoms with Gasteiger partial charge in [-0.25, -0.2) is 0 Å². The van der Waals surface area contributed by atoms with Gasteiger partial charge in [0, 0.05) is 11.3 Å². The largest absolute Gasteiger partial charge is 0.493 e. The van der Waals surface area contributed by atoms with Crippen LogP contribution in [-0.4, -0.2) is 54.4 Å². The number of aldehydes is 1. The summed E-state index contributed by atoms with van der Waals surface area (Å²) in [6, 6.07) is 13.3. The maximum absolute atomic E-state index is 11.8. The zero-order valence-corrected chi connectivity index (χ0v) is 20.9. The average molecular weight is 498 g/mol. The minimum atomic E-state index is -0.374. The predicted molar refractivity (Wildman–Crippen MR) is 137 cm³/mol. The minimum absolute atomic E-state index is 0.221.